The number of fused-ring (bicyclic) bond motifs is 1. The molecule has 2 N–H and O–H groups in total. The fraction of sp³-hybridized carbons (Fsp3) is 0.250. The fourth-order valence-electron chi connectivity index (χ4n) is 2.73. The van der Waals surface area contributed by atoms with Crippen LogP contribution in [0.1, 0.15) is 28.4 Å². The molecular formula is C20H20N2O6. The van der Waals surface area contributed by atoms with Crippen LogP contribution >= 0.6 is 0 Å². The minimum Gasteiger partial charge on any atom is -0.469 e. The second-order valence-electron chi connectivity index (χ2n) is 6.06. The van der Waals surface area contributed by atoms with Crippen LogP contribution in [0.5, 0.6) is 11.5 Å². The van der Waals surface area contributed by atoms with Crippen molar-refractivity contribution in [3.63, 3.8) is 0 Å². The summed E-state index contributed by atoms with van der Waals surface area (Å²) in [7, 11) is 1.29. The van der Waals surface area contributed by atoms with Gasteiger partial charge in [-0.3, -0.25) is 14.4 Å². The van der Waals surface area contributed by atoms with E-state index >= 15 is 0 Å². The number of rotatable bonds is 7. The predicted molar refractivity (Wildman–Crippen MR) is 98.9 cm³/mol. The molecule has 0 spiro atoms. The molecule has 1 aliphatic heterocycles. The quantitative estimate of drug-likeness (QED) is 0.703. The smallest absolute Gasteiger partial charge is 0.307 e. The van der Waals surface area contributed by atoms with E-state index in [2.05, 4.69) is 10.6 Å². The first-order valence-electron chi connectivity index (χ1n) is 8.66. The molecular weight excluding hydrogens is 364 g/mol. The average molecular weight is 384 g/mol. The molecule has 2 aromatic rings. The Morgan fingerprint density at radius 3 is 2.57 bits per heavy atom. The van der Waals surface area contributed by atoms with Gasteiger partial charge in [0.25, 0.3) is 5.91 Å². The Bertz CT molecular complexity index is 868. The number of nitrogens with one attached hydrogen (secondary N) is 2. The van der Waals surface area contributed by atoms with Crippen molar-refractivity contribution >= 4 is 17.8 Å². The highest BCUT2D eigenvalue weighted by atomic mass is 16.7. The summed E-state index contributed by atoms with van der Waals surface area (Å²) in [6.07, 6.45) is -0.0115. The first-order chi connectivity index (χ1) is 13.6. The van der Waals surface area contributed by atoms with Crippen LogP contribution in [0.25, 0.3) is 0 Å². The van der Waals surface area contributed by atoms with E-state index in [1.165, 1.54) is 7.11 Å². The Kier molecular flexibility index (Phi) is 6.11. The lowest BCUT2D eigenvalue weighted by molar-refractivity contribution is -0.141. The monoisotopic (exact) mass is 384 g/mol. The summed E-state index contributed by atoms with van der Waals surface area (Å²) in [6, 6.07) is 13.3. The lowest BCUT2D eigenvalue weighted by atomic mass is 10.0. The van der Waals surface area contributed by atoms with Gasteiger partial charge in [0.15, 0.2) is 11.5 Å². The number of benzene rings is 2. The van der Waals surface area contributed by atoms with Gasteiger partial charge in [-0.2, -0.15) is 0 Å². The lowest BCUT2D eigenvalue weighted by Crippen LogP contribution is -2.39. The number of ether oxygens (including phenoxy) is 3. The van der Waals surface area contributed by atoms with Gasteiger partial charge >= 0.3 is 5.97 Å². The Balaban J connectivity index is 1.58. The van der Waals surface area contributed by atoms with Crippen molar-refractivity contribution in [3.05, 3.63) is 59.7 Å². The van der Waals surface area contributed by atoms with E-state index in [1.807, 2.05) is 18.2 Å². The molecule has 146 valence electrons. The van der Waals surface area contributed by atoms with E-state index in [0.717, 1.165) is 5.56 Å². The highest BCUT2D eigenvalue weighted by Gasteiger charge is 2.20. The molecule has 0 unspecified atom stereocenters. The van der Waals surface area contributed by atoms with Crippen molar-refractivity contribution in [2.75, 3.05) is 20.4 Å². The van der Waals surface area contributed by atoms with Crippen LogP contribution in [0.2, 0.25) is 0 Å². The third-order valence-corrected chi connectivity index (χ3v) is 4.18. The minimum absolute atomic E-state index is 0.0115. The molecule has 1 aliphatic rings. The molecule has 0 aliphatic carbocycles. The van der Waals surface area contributed by atoms with Crippen LogP contribution in [0, 0.1) is 0 Å². The van der Waals surface area contributed by atoms with E-state index in [4.69, 9.17) is 14.2 Å². The Hall–Kier alpha value is -3.55. The number of carbonyl (C=O) groups is 3. The van der Waals surface area contributed by atoms with Crippen molar-refractivity contribution in [1.82, 2.24) is 10.6 Å². The number of hydrogen-bond donors (Lipinski definition) is 2. The van der Waals surface area contributed by atoms with Gasteiger partial charge in [-0.05, 0) is 23.8 Å². The third-order valence-electron chi connectivity index (χ3n) is 4.18. The molecule has 0 fully saturated rings. The molecule has 8 nitrogen and oxygen atoms in total. The summed E-state index contributed by atoms with van der Waals surface area (Å²) in [5.74, 6) is -0.231. The Morgan fingerprint density at radius 2 is 1.82 bits per heavy atom. The molecule has 0 bridgehead atoms. The van der Waals surface area contributed by atoms with Gasteiger partial charge in [0.05, 0.1) is 26.1 Å². The summed E-state index contributed by atoms with van der Waals surface area (Å²) in [5.41, 5.74) is 1.12. The van der Waals surface area contributed by atoms with Crippen LogP contribution in [0.4, 0.5) is 0 Å². The highest BCUT2D eigenvalue weighted by molar-refractivity contribution is 5.97. The van der Waals surface area contributed by atoms with Crippen molar-refractivity contribution in [3.8, 4) is 11.5 Å². The van der Waals surface area contributed by atoms with Crippen LogP contribution < -0.4 is 20.1 Å². The maximum atomic E-state index is 12.3. The molecule has 28 heavy (non-hydrogen) atoms. The van der Waals surface area contributed by atoms with E-state index in [1.54, 1.807) is 30.3 Å². The molecule has 8 heteroatoms. The zero-order valence-electron chi connectivity index (χ0n) is 15.3. The number of carbonyl (C=O) groups excluding carboxylic acids is 3. The number of methoxy groups -OCH3 is 1. The van der Waals surface area contributed by atoms with E-state index in [-0.39, 0.29) is 19.8 Å². The van der Waals surface area contributed by atoms with Crippen molar-refractivity contribution in [2.45, 2.75) is 12.5 Å². The molecule has 0 saturated heterocycles. The van der Waals surface area contributed by atoms with Gasteiger partial charge in [0.1, 0.15) is 0 Å². The van der Waals surface area contributed by atoms with Gasteiger partial charge in [-0.1, -0.05) is 30.3 Å². The summed E-state index contributed by atoms with van der Waals surface area (Å²) >= 11 is 0. The van der Waals surface area contributed by atoms with Crippen LogP contribution in [-0.4, -0.2) is 38.2 Å². The number of hydrogen-bond acceptors (Lipinski definition) is 6. The normalized spacial score (nSPS) is 12.8. The topological polar surface area (TPSA) is 103 Å². The molecule has 1 heterocycles. The van der Waals surface area contributed by atoms with Gasteiger partial charge in [-0.25, -0.2) is 0 Å². The SMILES string of the molecule is COC(=O)C[C@@H](NC(=O)CNC(=O)c1ccc2c(c1)OCO2)c1ccccc1. The van der Waals surface area contributed by atoms with Gasteiger partial charge < -0.3 is 24.8 Å². The van der Waals surface area contributed by atoms with Crippen molar-refractivity contribution in [1.29, 1.82) is 0 Å². The van der Waals surface area contributed by atoms with Gasteiger partial charge in [0, 0.05) is 5.56 Å². The minimum atomic E-state index is -0.552. The summed E-state index contributed by atoms with van der Waals surface area (Å²) in [5, 5.41) is 5.30. The summed E-state index contributed by atoms with van der Waals surface area (Å²) in [6.45, 7) is -0.123. The van der Waals surface area contributed by atoms with Gasteiger partial charge in [-0.15, -0.1) is 0 Å². The third kappa shape index (κ3) is 4.79. The predicted octanol–water partition coefficient (Wildman–Crippen LogP) is 1.57. The zero-order valence-corrected chi connectivity index (χ0v) is 15.3. The average Bonchev–Trinajstić information content (AvgIpc) is 3.20. The Morgan fingerprint density at radius 1 is 1.07 bits per heavy atom. The highest BCUT2D eigenvalue weighted by Crippen LogP contribution is 2.32. The van der Waals surface area contributed by atoms with Crippen LogP contribution in [-0.2, 0) is 14.3 Å². The zero-order chi connectivity index (χ0) is 19.9. The van der Waals surface area contributed by atoms with Crippen molar-refractivity contribution < 1.29 is 28.6 Å². The van der Waals surface area contributed by atoms with E-state index < -0.39 is 23.8 Å². The van der Waals surface area contributed by atoms with E-state index in [9.17, 15) is 14.4 Å². The summed E-state index contributed by atoms with van der Waals surface area (Å²) in [4.78, 5) is 36.2. The first kappa shape index (κ1) is 19.2. The van der Waals surface area contributed by atoms with Gasteiger partial charge in [0.2, 0.25) is 12.7 Å². The largest absolute Gasteiger partial charge is 0.469 e. The van der Waals surface area contributed by atoms with Crippen LogP contribution in [0.15, 0.2) is 48.5 Å². The molecule has 2 aromatic carbocycles. The number of amides is 2. The van der Waals surface area contributed by atoms with E-state index in [0.29, 0.717) is 17.1 Å². The molecule has 2 amide bonds. The second kappa shape index (κ2) is 8.90. The Labute approximate surface area is 161 Å². The second-order valence-corrected chi connectivity index (χ2v) is 6.06. The summed E-state index contributed by atoms with van der Waals surface area (Å²) < 4.78 is 15.1. The number of esters is 1. The standard InChI is InChI=1S/C20H20N2O6/c1-26-19(24)10-15(13-5-3-2-4-6-13)22-18(23)11-21-20(25)14-7-8-16-17(9-14)28-12-27-16/h2-9,15H,10-12H2,1H3,(H,21,25)(H,22,23)/t15-/m1/s1. The maximum Gasteiger partial charge on any atom is 0.307 e. The first-order valence-corrected chi connectivity index (χ1v) is 8.66. The molecule has 3 rings (SSSR count). The lowest BCUT2D eigenvalue weighted by Gasteiger charge is -2.18. The molecule has 0 aromatic heterocycles. The molecule has 0 radical (unpaired) electrons. The molecule has 0 saturated carbocycles. The van der Waals surface area contributed by atoms with Crippen molar-refractivity contribution in [2.24, 2.45) is 0 Å². The van der Waals surface area contributed by atoms with Crippen LogP contribution in [0.3, 0.4) is 0 Å². The maximum absolute atomic E-state index is 12.3. The molecule has 1 atom stereocenters. The fourth-order valence-corrected chi connectivity index (χ4v) is 2.73.